The summed E-state index contributed by atoms with van der Waals surface area (Å²) < 4.78 is 5.25. The smallest absolute Gasteiger partial charge is 0.354 e. The van der Waals surface area contributed by atoms with E-state index >= 15 is 0 Å². The number of aromatic nitrogens is 1. The summed E-state index contributed by atoms with van der Waals surface area (Å²) in [5.41, 5.74) is 1.45. The minimum absolute atomic E-state index is 0.0122. The van der Waals surface area contributed by atoms with Gasteiger partial charge in [-0.05, 0) is 17.5 Å². The van der Waals surface area contributed by atoms with E-state index in [1.807, 2.05) is 51.1 Å². The maximum atomic E-state index is 11.8. The number of esters is 1. The molecule has 1 N–H and O–H groups in total. The topological polar surface area (TPSA) is 42.1 Å². The molecule has 0 aliphatic heterocycles. The Balaban J connectivity index is 2.14. The van der Waals surface area contributed by atoms with E-state index in [1.54, 1.807) is 0 Å². The van der Waals surface area contributed by atoms with Crippen LogP contribution in [0.5, 0.6) is 0 Å². The van der Waals surface area contributed by atoms with Crippen molar-refractivity contribution in [2.75, 3.05) is 6.61 Å². The zero-order chi connectivity index (χ0) is 12.5. The fourth-order valence-corrected chi connectivity index (χ4v) is 1.54. The van der Waals surface area contributed by atoms with Crippen LogP contribution in [-0.4, -0.2) is 17.6 Å². The SMILES string of the molecule is CC(C)(C)COC(=O)c1cc2ccccc2[nH]1. The van der Waals surface area contributed by atoms with Gasteiger partial charge in [0.2, 0.25) is 0 Å². The Morgan fingerprint density at radius 3 is 2.65 bits per heavy atom. The number of ether oxygens (including phenoxy) is 1. The molecule has 17 heavy (non-hydrogen) atoms. The van der Waals surface area contributed by atoms with Gasteiger partial charge in [0.15, 0.2) is 0 Å². The molecule has 0 bridgehead atoms. The van der Waals surface area contributed by atoms with Gasteiger partial charge in [0, 0.05) is 10.9 Å². The predicted molar refractivity (Wildman–Crippen MR) is 68.0 cm³/mol. The van der Waals surface area contributed by atoms with Gasteiger partial charge in [-0.1, -0.05) is 39.0 Å². The van der Waals surface area contributed by atoms with Crippen molar-refractivity contribution in [1.29, 1.82) is 0 Å². The molecular formula is C14H17NO2. The lowest BCUT2D eigenvalue weighted by Crippen LogP contribution is -2.18. The standard InChI is InChI=1S/C14H17NO2/c1-14(2,3)9-17-13(16)12-8-10-6-4-5-7-11(10)15-12/h4-8,15H,9H2,1-3H3. The summed E-state index contributed by atoms with van der Waals surface area (Å²) in [6, 6.07) is 9.60. The lowest BCUT2D eigenvalue weighted by molar-refractivity contribution is 0.0361. The van der Waals surface area contributed by atoms with E-state index in [9.17, 15) is 4.79 Å². The number of aromatic amines is 1. The first kappa shape index (κ1) is 11.7. The average Bonchev–Trinajstić information content (AvgIpc) is 2.68. The van der Waals surface area contributed by atoms with Gasteiger partial charge >= 0.3 is 5.97 Å². The van der Waals surface area contributed by atoms with E-state index in [0.29, 0.717) is 12.3 Å². The normalized spacial score (nSPS) is 11.7. The Hall–Kier alpha value is -1.77. The lowest BCUT2D eigenvalue weighted by Gasteiger charge is -2.17. The second-order valence-corrected chi connectivity index (χ2v) is 5.41. The number of fused-ring (bicyclic) bond motifs is 1. The molecule has 0 atom stereocenters. The molecule has 1 heterocycles. The highest BCUT2D eigenvalue weighted by Gasteiger charge is 2.16. The number of benzene rings is 1. The summed E-state index contributed by atoms with van der Waals surface area (Å²) in [7, 11) is 0. The predicted octanol–water partition coefficient (Wildman–Crippen LogP) is 3.37. The maximum absolute atomic E-state index is 11.8. The minimum atomic E-state index is -0.295. The number of hydrogen-bond donors (Lipinski definition) is 1. The van der Waals surface area contributed by atoms with Gasteiger partial charge < -0.3 is 9.72 Å². The molecule has 0 spiro atoms. The number of nitrogens with one attached hydrogen (secondary N) is 1. The number of rotatable bonds is 2. The molecule has 3 nitrogen and oxygen atoms in total. The molecule has 0 aliphatic carbocycles. The summed E-state index contributed by atoms with van der Waals surface area (Å²) in [5.74, 6) is -0.295. The molecule has 0 unspecified atom stereocenters. The van der Waals surface area contributed by atoms with Crippen molar-refractivity contribution in [2.45, 2.75) is 20.8 Å². The van der Waals surface area contributed by atoms with Gasteiger partial charge in [-0.15, -0.1) is 0 Å². The van der Waals surface area contributed by atoms with Crippen molar-refractivity contribution in [3.05, 3.63) is 36.0 Å². The van der Waals surface area contributed by atoms with Crippen LogP contribution in [0, 0.1) is 5.41 Å². The number of carbonyl (C=O) groups is 1. The highest BCUT2D eigenvalue weighted by Crippen LogP contribution is 2.17. The van der Waals surface area contributed by atoms with Crippen LogP contribution < -0.4 is 0 Å². The zero-order valence-corrected chi connectivity index (χ0v) is 10.4. The van der Waals surface area contributed by atoms with Crippen LogP contribution in [0.25, 0.3) is 10.9 Å². The van der Waals surface area contributed by atoms with Gasteiger partial charge in [-0.3, -0.25) is 0 Å². The summed E-state index contributed by atoms with van der Waals surface area (Å²) in [6.07, 6.45) is 0. The second kappa shape index (κ2) is 4.24. The third-order valence-electron chi connectivity index (χ3n) is 2.39. The molecule has 0 aliphatic rings. The summed E-state index contributed by atoms with van der Waals surface area (Å²) in [5, 5.41) is 1.02. The zero-order valence-electron chi connectivity index (χ0n) is 10.4. The van der Waals surface area contributed by atoms with Crippen molar-refractivity contribution in [1.82, 2.24) is 4.98 Å². The number of carbonyl (C=O) groups excluding carboxylic acids is 1. The van der Waals surface area contributed by atoms with E-state index in [4.69, 9.17) is 4.74 Å². The third-order valence-corrected chi connectivity index (χ3v) is 2.39. The third kappa shape index (κ3) is 2.87. The minimum Gasteiger partial charge on any atom is -0.460 e. The summed E-state index contributed by atoms with van der Waals surface area (Å²) >= 11 is 0. The molecule has 2 aromatic rings. The second-order valence-electron chi connectivity index (χ2n) is 5.41. The molecule has 90 valence electrons. The molecule has 1 aromatic carbocycles. The molecule has 0 amide bonds. The van der Waals surface area contributed by atoms with Crippen LogP contribution in [0.15, 0.2) is 30.3 Å². The van der Waals surface area contributed by atoms with Crippen molar-refractivity contribution in [3.8, 4) is 0 Å². The molecular weight excluding hydrogens is 214 g/mol. The Labute approximate surface area is 101 Å². The van der Waals surface area contributed by atoms with Crippen LogP contribution in [-0.2, 0) is 4.74 Å². The highest BCUT2D eigenvalue weighted by atomic mass is 16.5. The molecule has 2 rings (SSSR count). The van der Waals surface area contributed by atoms with Crippen molar-refractivity contribution < 1.29 is 9.53 Å². The largest absolute Gasteiger partial charge is 0.460 e. The van der Waals surface area contributed by atoms with Crippen LogP contribution >= 0.6 is 0 Å². The molecule has 1 aromatic heterocycles. The van der Waals surface area contributed by atoms with E-state index in [2.05, 4.69) is 4.98 Å². The first-order chi connectivity index (χ1) is 7.96. The number of para-hydroxylation sites is 1. The molecule has 0 fully saturated rings. The van der Waals surface area contributed by atoms with E-state index in [-0.39, 0.29) is 11.4 Å². The van der Waals surface area contributed by atoms with Crippen molar-refractivity contribution in [3.63, 3.8) is 0 Å². The maximum Gasteiger partial charge on any atom is 0.354 e. The quantitative estimate of drug-likeness (QED) is 0.805. The monoisotopic (exact) mass is 231 g/mol. The van der Waals surface area contributed by atoms with Gasteiger partial charge in [0.05, 0.1) is 6.61 Å². The van der Waals surface area contributed by atoms with Crippen molar-refractivity contribution in [2.24, 2.45) is 5.41 Å². The molecule has 0 saturated heterocycles. The van der Waals surface area contributed by atoms with E-state index in [0.717, 1.165) is 10.9 Å². The van der Waals surface area contributed by atoms with E-state index in [1.165, 1.54) is 0 Å². The Morgan fingerprint density at radius 1 is 1.29 bits per heavy atom. The van der Waals surface area contributed by atoms with Gasteiger partial charge in [0.1, 0.15) is 5.69 Å². The lowest BCUT2D eigenvalue weighted by atomic mass is 9.99. The average molecular weight is 231 g/mol. The highest BCUT2D eigenvalue weighted by molar-refractivity contribution is 5.94. The molecule has 3 heteroatoms. The molecule has 0 radical (unpaired) electrons. The summed E-state index contributed by atoms with van der Waals surface area (Å²) in [4.78, 5) is 14.9. The van der Waals surface area contributed by atoms with E-state index < -0.39 is 0 Å². The van der Waals surface area contributed by atoms with Crippen molar-refractivity contribution >= 4 is 16.9 Å². The molecule has 0 saturated carbocycles. The van der Waals surface area contributed by atoms with Crippen LogP contribution in [0.2, 0.25) is 0 Å². The Morgan fingerprint density at radius 2 is 2.00 bits per heavy atom. The summed E-state index contributed by atoms with van der Waals surface area (Å²) in [6.45, 7) is 6.52. The van der Waals surface area contributed by atoms with Gasteiger partial charge in [-0.25, -0.2) is 4.79 Å². The first-order valence-electron chi connectivity index (χ1n) is 5.71. The Kier molecular flexibility index (Phi) is 2.92. The van der Waals surface area contributed by atoms with Crippen LogP contribution in [0.4, 0.5) is 0 Å². The number of H-pyrrole nitrogens is 1. The fraction of sp³-hybridized carbons (Fsp3) is 0.357. The Bertz CT molecular complexity index is 501. The van der Waals surface area contributed by atoms with Crippen LogP contribution in [0.3, 0.4) is 0 Å². The van der Waals surface area contributed by atoms with Gasteiger partial charge in [0.25, 0.3) is 0 Å². The first-order valence-corrected chi connectivity index (χ1v) is 5.71. The van der Waals surface area contributed by atoms with Gasteiger partial charge in [-0.2, -0.15) is 0 Å². The fourth-order valence-electron chi connectivity index (χ4n) is 1.54. The van der Waals surface area contributed by atoms with Crippen LogP contribution in [0.1, 0.15) is 31.3 Å². The number of hydrogen-bond acceptors (Lipinski definition) is 2.